The van der Waals surface area contributed by atoms with E-state index < -0.39 is 0 Å². The van der Waals surface area contributed by atoms with Gasteiger partial charge in [-0.15, -0.1) is 0 Å². The number of nitrogens with zero attached hydrogens (tertiary/aromatic N) is 4. The number of anilines is 2. The van der Waals surface area contributed by atoms with E-state index in [9.17, 15) is 0 Å². The van der Waals surface area contributed by atoms with Crippen LogP contribution >= 0.6 is 0 Å². The molecule has 4 heteroatoms. The van der Waals surface area contributed by atoms with Crippen LogP contribution in [0.25, 0.3) is 0 Å². The Labute approximate surface area is 179 Å². The van der Waals surface area contributed by atoms with Gasteiger partial charge in [0.1, 0.15) is 5.82 Å². The number of fused-ring (bicyclic) bond motifs is 1. The average molecular weight is 399 g/mol. The van der Waals surface area contributed by atoms with Crippen LogP contribution in [-0.4, -0.2) is 29.6 Å². The van der Waals surface area contributed by atoms with Crippen molar-refractivity contribution in [3.05, 3.63) is 83.0 Å². The minimum absolute atomic E-state index is 0.768. The third kappa shape index (κ3) is 4.18. The van der Waals surface area contributed by atoms with Crippen LogP contribution in [0.5, 0.6) is 0 Å². The van der Waals surface area contributed by atoms with Crippen LogP contribution in [0, 0.1) is 12.8 Å². The number of hydrogen-bond donors (Lipinski definition) is 0. The maximum Gasteiger partial charge on any atom is 0.227 e. The molecule has 4 nitrogen and oxygen atoms in total. The Hall–Kier alpha value is -2.88. The Balaban J connectivity index is 1.27. The molecule has 2 aliphatic rings. The molecule has 1 fully saturated rings. The van der Waals surface area contributed by atoms with E-state index in [0.717, 1.165) is 56.0 Å². The van der Waals surface area contributed by atoms with Crippen LogP contribution in [0.2, 0.25) is 0 Å². The number of aryl methyl sites for hydroxylation is 1. The zero-order chi connectivity index (χ0) is 20.3. The minimum atomic E-state index is 0.768. The van der Waals surface area contributed by atoms with Gasteiger partial charge in [-0.25, -0.2) is 4.98 Å². The van der Waals surface area contributed by atoms with Crippen molar-refractivity contribution in [2.45, 2.75) is 39.2 Å². The minimum Gasteiger partial charge on any atom is -0.356 e. The first-order valence-electron chi connectivity index (χ1n) is 11.2. The Bertz CT molecular complexity index is 993. The molecule has 3 heterocycles. The van der Waals surface area contributed by atoms with Crippen molar-refractivity contribution < 1.29 is 0 Å². The van der Waals surface area contributed by atoms with Gasteiger partial charge >= 0.3 is 0 Å². The molecular formula is C26H30N4. The number of aromatic nitrogens is 2. The van der Waals surface area contributed by atoms with Gasteiger partial charge in [-0.2, -0.15) is 4.98 Å². The first-order chi connectivity index (χ1) is 14.7. The maximum absolute atomic E-state index is 5.00. The van der Waals surface area contributed by atoms with Crippen LogP contribution in [0.1, 0.15) is 35.2 Å². The zero-order valence-electron chi connectivity index (χ0n) is 17.8. The molecule has 1 aromatic heterocycles. The summed E-state index contributed by atoms with van der Waals surface area (Å²) in [5.41, 5.74) is 5.38. The smallest absolute Gasteiger partial charge is 0.227 e. The van der Waals surface area contributed by atoms with E-state index in [0.29, 0.717) is 0 Å². The molecule has 3 aromatic rings. The van der Waals surface area contributed by atoms with Gasteiger partial charge in [0.05, 0.1) is 0 Å². The van der Waals surface area contributed by atoms with Crippen molar-refractivity contribution in [1.29, 1.82) is 0 Å². The standard InChI is InChI=1S/C26H30N4/c1-20-17-25(29-14-11-22(12-15-29)18-21-7-3-2-4-8-21)28-26(27-20)30-16-13-23-9-5-6-10-24(23)19-30/h2-10,17,22H,11-16,18-19H2,1H3. The largest absolute Gasteiger partial charge is 0.356 e. The first-order valence-corrected chi connectivity index (χ1v) is 11.2. The van der Waals surface area contributed by atoms with E-state index in [4.69, 9.17) is 9.97 Å². The van der Waals surface area contributed by atoms with Gasteiger partial charge in [0.25, 0.3) is 0 Å². The van der Waals surface area contributed by atoms with Crippen LogP contribution in [0.15, 0.2) is 60.7 Å². The Morgan fingerprint density at radius 3 is 2.37 bits per heavy atom. The second-order valence-corrected chi connectivity index (χ2v) is 8.73. The number of rotatable bonds is 4. The molecule has 1 saturated heterocycles. The molecule has 2 aliphatic heterocycles. The second-order valence-electron chi connectivity index (χ2n) is 8.73. The number of piperidine rings is 1. The van der Waals surface area contributed by atoms with Gasteiger partial charge in [0.2, 0.25) is 5.95 Å². The van der Waals surface area contributed by atoms with Gasteiger partial charge in [-0.05, 0) is 55.2 Å². The van der Waals surface area contributed by atoms with Gasteiger partial charge in [0.15, 0.2) is 0 Å². The fourth-order valence-electron chi connectivity index (χ4n) is 4.82. The lowest BCUT2D eigenvalue weighted by molar-refractivity contribution is 0.402. The maximum atomic E-state index is 5.00. The average Bonchev–Trinajstić information content (AvgIpc) is 2.79. The molecule has 0 radical (unpaired) electrons. The van der Waals surface area contributed by atoms with E-state index in [1.807, 2.05) is 0 Å². The molecule has 5 rings (SSSR count). The second kappa shape index (κ2) is 8.47. The summed E-state index contributed by atoms with van der Waals surface area (Å²) < 4.78 is 0. The normalized spacial score (nSPS) is 17.1. The topological polar surface area (TPSA) is 32.3 Å². The molecular weight excluding hydrogens is 368 g/mol. The van der Waals surface area contributed by atoms with E-state index >= 15 is 0 Å². The van der Waals surface area contributed by atoms with Crippen molar-refractivity contribution in [3.8, 4) is 0 Å². The molecule has 2 aromatic carbocycles. The molecule has 0 atom stereocenters. The third-order valence-electron chi connectivity index (χ3n) is 6.55. The van der Waals surface area contributed by atoms with Crippen molar-refractivity contribution in [3.63, 3.8) is 0 Å². The summed E-state index contributed by atoms with van der Waals surface area (Å²) in [6, 6.07) is 21.8. The number of benzene rings is 2. The predicted octanol–water partition coefficient (Wildman–Crippen LogP) is 4.81. The van der Waals surface area contributed by atoms with Crippen LogP contribution in [-0.2, 0) is 19.4 Å². The van der Waals surface area contributed by atoms with E-state index in [-0.39, 0.29) is 0 Å². The fourth-order valence-corrected chi connectivity index (χ4v) is 4.82. The lowest BCUT2D eigenvalue weighted by Crippen LogP contribution is -2.36. The summed E-state index contributed by atoms with van der Waals surface area (Å²) in [6.45, 7) is 6.14. The van der Waals surface area contributed by atoms with Crippen LogP contribution < -0.4 is 9.80 Å². The van der Waals surface area contributed by atoms with Gasteiger partial charge in [-0.3, -0.25) is 0 Å². The van der Waals surface area contributed by atoms with Gasteiger partial charge in [-0.1, -0.05) is 54.6 Å². The van der Waals surface area contributed by atoms with Gasteiger partial charge in [0, 0.05) is 37.9 Å². The monoisotopic (exact) mass is 398 g/mol. The predicted molar refractivity (Wildman–Crippen MR) is 123 cm³/mol. The highest BCUT2D eigenvalue weighted by Gasteiger charge is 2.23. The third-order valence-corrected chi connectivity index (χ3v) is 6.55. The highest BCUT2D eigenvalue weighted by molar-refractivity contribution is 5.48. The zero-order valence-corrected chi connectivity index (χ0v) is 17.8. The molecule has 0 amide bonds. The summed E-state index contributed by atoms with van der Waals surface area (Å²) in [7, 11) is 0. The fraction of sp³-hybridized carbons (Fsp3) is 0.385. The van der Waals surface area contributed by atoms with Crippen molar-refractivity contribution in [1.82, 2.24) is 9.97 Å². The summed E-state index contributed by atoms with van der Waals surface area (Å²) in [6.07, 6.45) is 4.71. The van der Waals surface area contributed by atoms with E-state index in [1.165, 1.54) is 36.0 Å². The summed E-state index contributed by atoms with van der Waals surface area (Å²) in [4.78, 5) is 14.6. The Kier molecular flexibility index (Phi) is 5.39. The molecule has 30 heavy (non-hydrogen) atoms. The molecule has 0 aliphatic carbocycles. The van der Waals surface area contributed by atoms with E-state index in [1.54, 1.807) is 0 Å². The van der Waals surface area contributed by atoms with Crippen molar-refractivity contribution >= 4 is 11.8 Å². The van der Waals surface area contributed by atoms with Gasteiger partial charge < -0.3 is 9.80 Å². The molecule has 0 bridgehead atoms. The molecule has 0 saturated carbocycles. The van der Waals surface area contributed by atoms with Crippen molar-refractivity contribution in [2.75, 3.05) is 29.4 Å². The lowest BCUT2D eigenvalue weighted by atomic mass is 9.90. The summed E-state index contributed by atoms with van der Waals surface area (Å²) in [5.74, 6) is 2.74. The molecule has 154 valence electrons. The number of hydrogen-bond acceptors (Lipinski definition) is 4. The molecule has 0 spiro atoms. The molecule has 0 N–H and O–H groups in total. The summed E-state index contributed by atoms with van der Waals surface area (Å²) >= 11 is 0. The van der Waals surface area contributed by atoms with E-state index in [2.05, 4.69) is 77.4 Å². The SMILES string of the molecule is Cc1cc(N2CCC(Cc3ccccc3)CC2)nc(N2CCc3ccccc3C2)n1. The van der Waals surface area contributed by atoms with Crippen LogP contribution in [0.4, 0.5) is 11.8 Å². The quantitative estimate of drug-likeness (QED) is 0.631. The lowest BCUT2D eigenvalue weighted by Gasteiger charge is -2.34. The first kappa shape index (κ1) is 19.1. The highest BCUT2D eigenvalue weighted by Crippen LogP contribution is 2.28. The Morgan fingerprint density at radius 2 is 1.57 bits per heavy atom. The van der Waals surface area contributed by atoms with Crippen LogP contribution in [0.3, 0.4) is 0 Å². The molecule has 0 unspecified atom stereocenters. The highest BCUT2D eigenvalue weighted by atomic mass is 15.3. The Morgan fingerprint density at radius 1 is 0.833 bits per heavy atom. The summed E-state index contributed by atoms with van der Waals surface area (Å²) in [5, 5.41) is 0. The van der Waals surface area contributed by atoms with Crippen molar-refractivity contribution in [2.24, 2.45) is 5.92 Å².